The van der Waals surface area contributed by atoms with Crippen LogP contribution in [-0.4, -0.2) is 11.1 Å². The number of carboxylic acid groups (broad SMARTS) is 1. The Morgan fingerprint density at radius 1 is 1.28 bits per heavy atom. The second-order valence-corrected chi connectivity index (χ2v) is 6.14. The molecule has 1 aliphatic carbocycles. The van der Waals surface area contributed by atoms with Crippen molar-refractivity contribution in [2.24, 2.45) is 5.41 Å². The summed E-state index contributed by atoms with van der Waals surface area (Å²) in [5.41, 5.74) is 0.698. The molecule has 1 N–H and O–H groups in total. The maximum Gasteiger partial charge on any atom is 0.309 e. The molecule has 1 aromatic heterocycles. The molecule has 18 heavy (non-hydrogen) atoms. The van der Waals surface area contributed by atoms with E-state index in [0.717, 1.165) is 25.7 Å². The van der Waals surface area contributed by atoms with E-state index in [9.17, 15) is 9.90 Å². The van der Waals surface area contributed by atoms with Crippen LogP contribution in [0.4, 0.5) is 0 Å². The summed E-state index contributed by atoms with van der Waals surface area (Å²) in [5, 5.41) is 12.9. The van der Waals surface area contributed by atoms with Gasteiger partial charge in [-0.05, 0) is 41.7 Å². The third-order valence-corrected chi connectivity index (χ3v) is 5.12. The van der Waals surface area contributed by atoms with Gasteiger partial charge in [0.25, 0.3) is 0 Å². The van der Waals surface area contributed by atoms with Gasteiger partial charge in [-0.1, -0.05) is 31.0 Å². The van der Waals surface area contributed by atoms with E-state index in [1.165, 1.54) is 15.6 Å². The summed E-state index contributed by atoms with van der Waals surface area (Å²) >= 11 is 1.71. The summed E-state index contributed by atoms with van der Waals surface area (Å²) in [5.74, 6) is -0.615. The van der Waals surface area contributed by atoms with Gasteiger partial charge in [-0.15, -0.1) is 11.3 Å². The topological polar surface area (TPSA) is 37.3 Å². The predicted octanol–water partition coefficient (Wildman–Crippen LogP) is 4.09. The molecule has 1 saturated carbocycles. The molecule has 1 fully saturated rings. The fourth-order valence-electron chi connectivity index (χ4n) is 3.05. The van der Waals surface area contributed by atoms with E-state index in [4.69, 9.17) is 0 Å². The van der Waals surface area contributed by atoms with Gasteiger partial charge in [-0.25, -0.2) is 0 Å². The first-order valence-electron chi connectivity index (χ1n) is 6.40. The first kappa shape index (κ1) is 11.7. The second kappa shape index (κ2) is 4.39. The Hall–Kier alpha value is -1.35. The lowest BCUT2D eigenvalue weighted by Gasteiger charge is -2.23. The molecule has 3 heteroatoms. The number of benzene rings is 1. The third kappa shape index (κ3) is 1.83. The minimum Gasteiger partial charge on any atom is -0.481 e. The molecule has 0 radical (unpaired) electrons. The summed E-state index contributed by atoms with van der Waals surface area (Å²) in [6, 6.07) is 8.27. The van der Waals surface area contributed by atoms with Gasteiger partial charge in [-0.3, -0.25) is 4.79 Å². The Bertz CT molecular complexity index is 579. The van der Waals surface area contributed by atoms with Gasteiger partial charge in [0.2, 0.25) is 0 Å². The van der Waals surface area contributed by atoms with E-state index in [-0.39, 0.29) is 0 Å². The number of carboxylic acids is 1. The molecule has 0 saturated heterocycles. The Morgan fingerprint density at radius 3 is 2.72 bits per heavy atom. The van der Waals surface area contributed by atoms with Crippen LogP contribution < -0.4 is 0 Å². The lowest BCUT2D eigenvalue weighted by atomic mass is 9.80. The molecule has 0 amide bonds. The van der Waals surface area contributed by atoms with Crippen LogP contribution >= 0.6 is 11.3 Å². The van der Waals surface area contributed by atoms with E-state index in [1.807, 2.05) is 12.1 Å². The van der Waals surface area contributed by atoms with Gasteiger partial charge in [0.15, 0.2) is 0 Å². The molecular formula is C15H16O2S. The van der Waals surface area contributed by atoms with Crippen LogP contribution in [0.5, 0.6) is 0 Å². The molecular weight excluding hydrogens is 244 g/mol. The zero-order valence-electron chi connectivity index (χ0n) is 10.2. The number of hydrogen-bond acceptors (Lipinski definition) is 2. The van der Waals surface area contributed by atoms with Gasteiger partial charge in [0.1, 0.15) is 0 Å². The number of aliphatic carboxylic acids is 1. The van der Waals surface area contributed by atoms with E-state index < -0.39 is 11.4 Å². The van der Waals surface area contributed by atoms with Crippen molar-refractivity contribution in [3.8, 4) is 0 Å². The number of thiophene rings is 1. The molecule has 3 rings (SSSR count). The van der Waals surface area contributed by atoms with Crippen molar-refractivity contribution in [3.05, 3.63) is 35.2 Å². The molecule has 1 aromatic carbocycles. The zero-order valence-corrected chi connectivity index (χ0v) is 11.0. The molecule has 0 unspecified atom stereocenters. The summed E-state index contributed by atoms with van der Waals surface area (Å²) in [6.07, 6.45) is 4.44. The predicted molar refractivity (Wildman–Crippen MR) is 74.1 cm³/mol. The Morgan fingerprint density at radius 2 is 2.00 bits per heavy atom. The molecule has 0 spiro atoms. The highest BCUT2D eigenvalue weighted by Gasteiger charge is 2.41. The van der Waals surface area contributed by atoms with Gasteiger partial charge < -0.3 is 5.11 Å². The van der Waals surface area contributed by atoms with Crippen LogP contribution in [0.3, 0.4) is 0 Å². The number of fused-ring (bicyclic) bond motifs is 1. The Kier molecular flexibility index (Phi) is 2.86. The largest absolute Gasteiger partial charge is 0.481 e. The highest BCUT2D eigenvalue weighted by molar-refractivity contribution is 7.17. The van der Waals surface area contributed by atoms with Crippen LogP contribution in [0.25, 0.3) is 10.1 Å². The summed E-state index contributed by atoms with van der Waals surface area (Å²) < 4.78 is 1.26. The Labute approximate surface area is 110 Å². The monoisotopic (exact) mass is 260 g/mol. The van der Waals surface area contributed by atoms with Crippen molar-refractivity contribution in [2.45, 2.75) is 32.1 Å². The van der Waals surface area contributed by atoms with Crippen molar-refractivity contribution >= 4 is 27.4 Å². The molecule has 2 nitrogen and oxygen atoms in total. The molecule has 0 atom stereocenters. The average Bonchev–Trinajstić information content (AvgIpc) is 2.99. The highest BCUT2D eigenvalue weighted by Crippen LogP contribution is 2.43. The minimum absolute atomic E-state index is 0.510. The normalized spacial score (nSPS) is 18.2. The van der Waals surface area contributed by atoms with E-state index >= 15 is 0 Å². The SMILES string of the molecule is O=C(O)C1(Cc2csc3ccccc23)CCCC1. The lowest BCUT2D eigenvalue weighted by Crippen LogP contribution is -2.30. The first-order valence-corrected chi connectivity index (χ1v) is 7.28. The van der Waals surface area contributed by atoms with Crippen molar-refractivity contribution in [3.63, 3.8) is 0 Å². The van der Waals surface area contributed by atoms with Crippen LogP contribution in [0, 0.1) is 5.41 Å². The summed E-state index contributed by atoms with van der Waals surface area (Å²) in [7, 11) is 0. The van der Waals surface area contributed by atoms with Crippen LogP contribution in [0.2, 0.25) is 0 Å². The van der Waals surface area contributed by atoms with Crippen molar-refractivity contribution in [1.29, 1.82) is 0 Å². The van der Waals surface area contributed by atoms with Crippen molar-refractivity contribution in [2.75, 3.05) is 0 Å². The molecule has 1 aliphatic rings. The minimum atomic E-state index is -0.615. The van der Waals surface area contributed by atoms with Gasteiger partial charge in [-0.2, -0.15) is 0 Å². The van der Waals surface area contributed by atoms with E-state index in [2.05, 4.69) is 17.5 Å². The zero-order chi connectivity index (χ0) is 12.6. The smallest absolute Gasteiger partial charge is 0.309 e. The Balaban J connectivity index is 1.98. The maximum atomic E-state index is 11.6. The molecule has 0 aliphatic heterocycles. The third-order valence-electron chi connectivity index (χ3n) is 4.10. The van der Waals surface area contributed by atoms with E-state index in [0.29, 0.717) is 6.42 Å². The van der Waals surface area contributed by atoms with Gasteiger partial charge in [0.05, 0.1) is 5.41 Å². The quantitative estimate of drug-likeness (QED) is 0.902. The highest BCUT2D eigenvalue weighted by atomic mass is 32.1. The van der Waals surface area contributed by atoms with E-state index in [1.54, 1.807) is 11.3 Å². The van der Waals surface area contributed by atoms with Crippen molar-refractivity contribution < 1.29 is 9.90 Å². The molecule has 2 aromatic rings. The number of carbonyl (C=O) groups is 1. The maximum absolute atomic E-state index is 11.6. The average molecular weight is 260 g/mol. The van der Waals surface area contributed by atoms with Crippen molar-refractivity contribution in [1.82, 2.24) is 0 Å². The fourth-order valence-corrected chi connectivity index (χ4v) is 4.02. The van der Waals surface area contributed by atoms with Crippen LogP contribution in [0.1, 0.15) is 31.2 Å². The number of rotatable bonds is 3. The lowest BCUT2D eigenvalue weighted by molar-refractivity contribution is -0.148. The second-order valence-electron chi connectivity index (χ2n) is 5.23. The molecule has 1 heterocycles. The van der Waals surface area contributed by atoms with Gasteiger partial charge in [0, 0.05) is 4.70 Å². The standard InChI is InChI=1S/C15H16O2S/c16-14(17)15(7-3-4-8-15)9-11-10-18-13-6-2-1-5-12(11)13/h1-2,5-6,10H,3-4,7-9H2,(H,16,17). The van der Waals surface area contributed by atoms with Crippen LogP contribution in [-0.2, 0) is 11.2 Å². The summed E-state index contributed by atoms with van der Waals surface area (Å²) in [6.45, 7) is 0. The van der Waals surface area contributed by atoms with Gasteiger partial charge >= 0.3 is 5.97 Å². The number of hydrogen-bond donors (Lipinski definition) is 1. The molecule has 94 valence electrons. The fraction of sp³-hybridized carbons (Fsp3) is 0.400. The molecule has 0 bridgehead atoms. The van der Waals surface area contributed by atoms with Crippen LogP contribution in [0.15, 0.2) is 29.6 Å². The summed E-state index contributed by atoms with van der Waals surface area (Å²) in [4.78, 5) is 11.6. The first-order chi connectivity index (χ1) is 8.71.